The van der Waals surface area contributed by atoms with Crippen LogP contribution in [0.5, 0.6) is 0 Å². The highest BCUT2D eigenvalue weighted by molar-refractivity contribution is 6.30. The number of hydrogen-bond donors (Lipinski definition) is 0. The lowest BCUT2D eigenvalue weighted by molar-refractivity contribution is 0.102. The Bertz CT molecular complexity index is 380. The number of carbonyl (C=O) groups excluding carboxylic acids is 1. The van der Waals surface area contributed by atoms with Crippen LogP contribution in [0.3, 0.4) is 0 Å². The fraction of sp³-hybridized carbons (Fsp3) is 0.615. The summed E-state index contributed by atoms with van der Waals surface area (Å²) >= 11 is 5.59. The standard InChI is InChI=1S/C13H20ClNO/c1-9(2)5-6-15-10(3)7-12(11(15)4)13(16)8-14/h7,9H,5-6,8H2,1-4H3. The van der Waals surface area contributed by atoms with Gasteiger partial charge in [0.25, 0.3) is 0 Å². The summed E-state index contributed by atoms with van der Waals surface area (Å²) in [5.41, 5.74) is 2.96. The molecule has 0 N–H and O–H groups in total. The molecule has 2 nitrogen and oxygen atoms in total. The number of carbonyl (C=O) groups is 1. The number of halogens is 1. The molecule has 1 aromatic heterocycles. The number of alkyl halides is 1. The summed E-state index contributed by atoms with van der Waals surface area (Å²) < 4.78 is 2.21. The van der Waals surface area contributed by atoms with Crippen LogP contribution in [0.1, 0.15) is 42.0 Å². The zero-order chi connectivity index (χ0) is 12.3. The molecular formula is C13H20ClNO. The van der Waals surface area contributed by atoms with Gasteiger partial charge >= 0.3 is 0 Å². The molecule has 0 bridgehead atoms. The van der Waals surface area contributed by atoms with Crippen molar-refractivity contribution in [3.63, 3.8) is 0 Å². The van der Waals surface area contributed by atoms with Crippen LogP contribution < -0.4 is 0 Å². The van der Waals surface area contributed by atoms with Crippen LogP contribution in [0.2, 0.25) is 0 Å². The SMILES string of the molecule is Cc1cc(C(=O)CCl)c(C)n1CCC(C)C. The van der Waals surface area contributed by atoms with Gasteiger partial charge in [0.15, 0.2) is 5.78 Å². The Morgan fingerprint density at radius 1 is 1.44 bits per heavy atom. The number of rotatable bonds is 5. The Hall–Kier alpha value is -0.760. The maximum absolute atomic E-state index is 11.6. The largest absolute Gasteiger partial charge is 0.348 e. The summed E-state index contributed by atoms with van der Waals surface area (Å²) in [6.45, 7) is 9.42. The molecule has 16 heavy (non-hydrogen) atoms. The van der Waals surface area contributed by atoms with Crippen LogP contribution in [-0.2, 0) is 6.54 Å². The van der Waals surface area contributed by atoms with E-state index in [9.17, 15) is 4.79 Å². The van der Waals surface area contributed by atoms with Gasteiger partial charge in [-0.05, 0) is 32.3 Å². The van der Waals surface area contributed by atoms with E-state index in [1.54, 1.807) is 0 Å². The van der Waals surface area contributed by atoms with E-state index < -0.39 is 0 Å². The first kappa shape index (κ1) is 13.3. The van der Waals surface area contributed by atoms with Gasteiger partial charge in [0.2, 0.25) is 0 Å². The first-order valence-corrected chi connectivity index (χ1v) is 6.26. The highest BCUT2D eigenvalue weighted by Crippen LogP contribution is 2.17. The van der Waals surface area contributed by atoms with Crippen LogP contribution in [-0.4, -0.2) is 16.2 Å². The monoisotopic (exact) mass is 241 g/mol. The first-order valence-electron chi connectivity index (χ1n) is 5.73. The number of ketones is 1. The van der Waals surface area contributed by atoms with Crippen molar-refractivity contribution >= 4 is 17.4 Å². The topological polar surface area (TPSA) is 22.0 Å². The molecular weight excluding hydrogens is 222 g/mol. The van der Waals surface area contributed by atoms with Gasteiger partial charge in [-0.25, -0.2) is 0 Å². The number of Topliss-reactive ketones (excluding diaryl/α,β-unsaturated/α-hetero) is 1. The molecule has 0 aromatic carbocycles. The molecule has 0 fully saturated rings. The molecule has 0 atom stereocenters. The van der Waals surface area contributed by atoms with Crippen LogP contribution in [0.4, 0.5) is 0 Å². The predicted molar refractivity (Wildman–Crippen MR) is 68.4 cm³/mol. The van der Waals surface area contributed by atoms with E-state index in [1.165, 1.54) is 0 Å². The van der Waals surface area contributed by atoms with Crippen LogP contribution in [0.15, 0.2) is 6.07 Å². The smallest absolute Gasteiger partial charge is 0.179 e. The van der Waals surface area contributed by atoms with Gasteiger partial charge in [0.05, 0.1) is 5.88 Å². The van der Waals surface area contributed by atoms with E-state index in [1.807, 2.05) is 19.9 Å². The Labute approximate surface area is 103 Å². The van der Waals surface area contributed by atoms with Crippen molar-refractivity contribution in [3.8, 4) is 0 Å². The minimum atomic E-state index is 0.0190. The van der Waals surface area contributed by atoms with Crippen molar-refractivity contribution in [2.75, 3.05) is 5.88 Å². The van der Waals surface area contributed by atoms with Gasteiger partial charge in [-0.2, -0.15) is 0 Å². The number of hydrogen-bond acceptors (Lipinski definition) is 1. The Morgan fingerprint density at radius 2 is 2.06 bits per heavy atom. The lowest BCUT2D eigenvalue weighted by atomic mass is 10.1. The van der Waals surface area contributed by atoms with Gasteiger partial charge in [0, 0.05) is 23.5 Å². The highest BCUT2D eigenvalue weighted by Gasteiger charge is 2.14. The lowest BCUT2D eigenvalue weighted by Crippen LogP contribution is -2.07. The molecule has 1 rings (SSSR count). The third-order valence-corrected chi connectivity index (χ3v) is 3.17. The van der Waals surface area contributed by atoms with E-state index in [2.05, 4.69) is 18.4 Å². The molecule has 1 heterocycles. The molecule has 90 valence electrons. The second-order valence-electron chi connectivity index (χ2n) is 4.68. The molecule has 0 aliphatic carbocycles. The zero-order valence-corrected chi connectivity index (χ0v) is 11.3. The van der Waals surface area contributed by atoms with Crippen LogP contribution in [0, 0.1) is 19.8 Å². The second kappa shape index (κ2) is 5.53. The normalized spacial score (nSPS) is 11.1. The summed E-state index contributed by atoms with van der Waals surface area (Å²) in [7, 11) is 0. The maximum atomic E-state index is 11.6. The van der Waals surface area contributed by atoms with Crippen molar-refractivity contribution in [1.82, 2.24) is 4.57 Å². The maximum Gasteiger partial charge on any atom is 0.179 e. The van der Waals surface area contributed by atoms with Gasteiger partial charge in [-0.15, -0.1) is 11.6 Å². The molecule has 0 aliphatic heterocycles. The third-order valence-electron chi connectivity index (χ3n) is 2.93. The molecule has 0 unspecified atom stereocenters. The van der Waals surface area contributed by atoms with Crippen LogP contribution in [0.25, 0.3) is 0 Å². The highest BCUT2D eigenvalue weighted by atomic mass is 35.5. The Morgan fingerprint density at radius 3 is 2.56 bits per heavy atom. The quantitative estimate of drug-likeness (QED) is 0.571. The minimum absolute atomic E-state index is 0.0190. The molecule has 0 aliphatic rings. The molecule has 0 saturated heterocycles. The first-order chi connectivity index (χ1) is 7.47. The summed E-state index contributed by atoms with van der Waals surface area (Å²) in [6.07, 6.45) is 1.13. The number of aryl methyl sites for hydroxylation is 1. The van der Waals surface area contributed by atoms with E-state index >= 15 is 0 Å². The van der Waals surface area contributed by atoms with Gasteiger partial charge < -0.3 is 4.57 Å². The van der Waals surface area contributed by atoms with Gasteiger partial charge in [-0.3, -0.25) is 4.79 Å². The summed E-state index contributed by atoms with van der Waals surface area (Å²) in [5.74, 6) is 0.757. The number of aromatic nitrogens is 1. The average Bonchev–Trinajstić information content (AvgIpc) is 2.51. The molecule has 0 spiro atoms. The van der Waals surface area contributed by atoms with Gasteiger partial charge in [0.1, 0.15) is 0 Å². The zero-order valence-electron chi connectivity index (χ0n) is 10.5. The second-order valence-corrected chi connectivity index (χ2v) is 4.94. The van der Waals surface area contributed by atoms with Crippen molar-refractivity contribution in [3.05, 3.63) is 23.0 Å². The average molecular weight is 242 g/mol. The van der Waals surface area contributed by atoms with Crippen molar-refractivity contribution in [2.24, 2.45) is 5.92 Å². The fourth-order valence-corrected chi connectivity index (χ4v) is 2.03. The molecule has 1 aromatic rings. The minimum Gasteiger partial charge on any atom is -0.348 e. The van der Waals surface area contributed by atoms with Crippen molar-refractivity contribution < 1.29 is 4.79 Å². The third kappa shape index (κ3) is 2.88. The Balaban J connectivity index is 2.93. The molecule has 0 amide bonds. The van der Waals surface area contributed by atoms with E-state index in [4.69, 9.17) is 11.6 Å². The van der Waals surface area contributed by atoms with Crippen LogP contribution >= 0.6 is 11.6 Å². The van der Waals surface area contributed by atoms with Crippen molar-refractivity contribution in [1.29, 1.82) is 0 Å². The lowest BCUT2D eigenvalue weighted by Gasteiger charge is -2.11. The fourth-order valence-electron chi connectivity index (χ4n) is 1.89. The summed E-state index contributed by atoms with van der Waals surface area (Å²) in [5, 5.41) is 0. The van der Waals surface area contributed by atoms with E-state index in [0.717, 1.165) is 29.9 Å². The summed E-state index contributed by atoms with van der Waals surface area (Å²) in [6, 6.07) is 1.94. The molecule has 0 radical (unpaired) electrons. The summed E-state index contributed by atoms with van der Waals surface area (Å²) in [4.78, 5) is 11.6. The van der Waals surface area contributed by atoms with E-state index in [0.29, 0.717) is 5.92 Å². The number of nitrogens with zero attached hydrogens (tertiary/aromatic N) is 1. The molecule has 0 saturated carbocycles. The van der Waals surface area contributed by atoms with E-state index in [-0.39, 0.29) is 11.7 Å². The molecule has 3 heteroatoms. The Kier molecular flexibility index (Phi) is 4.60. The van der Waals surface area contributed by atoms with Crippen molar-refractivity contribution in [2.45, 2.75) is 40.7 Å². The predicted octanol–water partition coefficient (Wildman–Crippen LogP) is 3.57. The van der Waals surface area contributed by atoms with Gasteiger partial charge in [-0.1, -0.05) is 13.8 Å².